The Hall–Kier alpha value is -2.88. The van der Waals surface area contributed by atoms with E-state index in [1.54, 1.807) is 10.6 Å². The number of nitrogen functional groups attached to an aromatic ring is 1. The monoisotopic (exact) mass is 260 g/mol. The van der Waals surface area contributed by atoms with Crippen LogP contribution >= 0.6 is 0 Å². The quantitative estimate of drug-likeness (QED) is 0.572. The zero-order valence-electron chi connectivity index (χ0n) is 10.7. The highest BCUT2D eigenvalue weighted by atomic mass is 15.2. The second kappa shape index (κ2) is 4.06. The Bertz CT molecular complexity index is 924. The van der Waals surface area contributed by atoms with Crippen LogP contribution in [0.4, 0.5) is 5.82 Å². The summed E-state index contributed by atoms with van der Waals surface area (Å²) in [5.74, 6) is 0.500. The van der Waals surface area contributed by atoms with Crippen molar-refractivity contribution in [3.8, 4) is 11.1 Å². The summed E-state index contributed by atoms with van der Waals surface area (Å²) in [6.07, 6.45) is 3.65. The van der Waals surface area contributed by atoms with Crippen LogP contribution in [0.15, 0.2) is 60.9 Å². The summed E-state index contributed by atoms with van der Waals surface area (Å²) < 4.78 is 1.74. The van der Waals surface area contributed by atoms with Crippen molar-refractivity contribution in [3.63, 3.8) is 0 Å². The molecule has 4 rings (SSSR count). The second-order valence-electron chi connectivity index (χ2n) is 4.74. The molecule has 0 amide bonds. The summed E-state index contributed by atoms with van der Waals surface area (Å²) in [7, 11) is 0. The number of hydrogen-bond acceptors (Lipinski definition) is 3. The van der Waals surface area contributed by atoms with Gasteiger partial charge in [0, 0.05) is 11.8 Å². The van der Waals surface area contributed by atoms with Crippen LogP contribution in [-0.4, -0.2) is 14.6 Å². The first-order valence-corrected chi connectivity index (χ1v) is 6.40. The Morgan fingerprint density at radius 1 is 0.950 bits per heavy atom. The van der Waals surface area contributed by atoms with Crippen LogP contribution in [0.5, 0.6) is 0 Å². The van der Waals surface area contributed by atoms with Crippen LogP contribution in [0.3, 0.4) is 0 Å². The zero-order valence-corrected chi connectivity index (χ0v) is 10.7. The van der Waals surface area contributed by atoms with Gasteiger partial charge in [-0.3, -0.25) is 0 Å². The average molecular weight is 260 g/mol. The van der Waals surface area contributed by atoms with E-state index in [9.17, 15) is 0 Å². The molecule has 0 atom stereocenters. The van der Waals surface area contributed by atoms with Crippen molar-refractivity contribution in [1.82, 2.24) is 14.6 Å². The van der Waals surface area contributed by atoms with Crippen molar-refractivity contribution in [2.75, 3.05) is 5.73 Å². The molecule has 0 aliphatic heterocycles. The molecule has 0 aliphatic rings. The van der Waals surface area contributed by atoms with Crippen molar-refractivity contribution in [2.45, 2.75) is 0 Å². The number of benzene rings is 2. The maximum atomic E-state index is 5.77. The number of nitrogens with two attached hydrogens (primary N) is 1. The summed E-state index contributed by atoms with van der Waals surface area (Å²) in [5, 5.41) is 6.74. The predicted molar refractivity (Wildman–Crippen MR) is 80.3 cm³/mol. The number of rotatable bonds is 1. The maximum Gasteiger partial charge on any atom is 0.165 e. The first-order valence-electron chi connectivity index (χ1n) is 6.40. The van der Waals surface area contributed by atoms with Crippen molar-refractivity contribution < 1.29 is 0 Å². The predicted octanol–water partition coefficient (Wildman–Crippen LogP) is 3.13. The van der Waals surface area contributed by atoms with Gasteiger partial charge in [0.25, 0.3) is 0 Å². The van der Waals surface area contributed by atoms with E-state index in [4.69, 9.17) is 5.73 Å². The molecular weight excluding hydrogens is 248 g/mol. The third-order valence-electron chi connectivity index (χ3n) is 3.45. The Balaban J connectivity index is 1.98. The minimum absolute atomic E-state index is 0.500. The van der Waals surface area contributed by atoms with Gasteiger partial charge in [-0.15, -0.1) is 0 Å². The first-order chi connectivity index (χ1) is 9.81. The van der Waals surface area contributed by atoms with E-state index in [1.165, 1.54) is 10.8 Å². The van der Waals surface area contributed by atoms with Crippen molar-refractivity contribution in [1.29, 1.82) is 0 Å². The van der Waals surface area contributed by atoms with Crippen molar-refractivity contribution >= 4 is 22.2 Å². The molecule has 2 aromatic heterocycles. The van der Waals surface area contributed by atoms with E-state index >= 15 is 0 Å². The minimum atomic E-state index is 0.500. The van der Waals surface area contributed by atoms with E-state index in [0.717, 1.165) is 16.8 Å². The molecule has 2 N–H and O–H groups in total. The van der Waals surface area contributed by atoms with Gasteiger partial charge < -0.3 is 5.73 Å². The lowest BCUT2D eigenvalue weighted by Crippen LogP contribution is -1.95. The van der Waals surface area contributed by atoms with Gasteiger partial charge in [-0.2, -0.15) is 5.10 Å². The van der Waals surface area contributed by atoms with E-state index in [0.29, 0.717) is 5.82 Å². The van der Waals surface area contributed by atoms with Crippen LogP contribution in [0, 0.1) is 0 Å². The molecule has 0 bridgehead atoms. The van der Waals surface area contributed by atoms with Gasteiger partial charge in [0.1, 0.15) is 5.82 Å². The summed E-state index contributed by atoms with van der Waals surface area (Å²) in [6.45, 7) is 0. The van der Waals surface area contributed by atoms with Crippen LogP contribution in [0.2, 0.25) is 0 Å². The summed E-state index contributed by atoms with van der Waals surface area (Å²) in [6, 6.07) is 16.4. The molecule has 0 aliphatic carbocycles. The lowest BCUT2D eigenvalue weighted by molar-refractivity contribution is 0.942. The SMILES string of the molecule is Nc1ccn2ncc(-c3ccc4ccccc4c3)c2n1. The maximum absolute atomic E-state index is 5.77. The van der Waals surface area contributed by atoms with Gasteiger partial charge in [-0.1, -0.05) is 36.4 Å². The summed E-state index contributed by atoms with van der Waals surface area (Å²) >= 11 is 0. The molecule has 0 saturated carbocycles. The van der Waals surface area contributed by atoms with E-state index in [2.05, 4.69) is 40.4 Å². The fraction of sp³-hybridized carbons (Fsp3) is 0. The summed E-state index contributed by atoms with van der Waals surface area (Å²) in [4.78, 5) is 4.37. The van der Waals surface area contributed by atoms with E-state index in [-0.39, 0.29) is 0 Å². The highest BCUT2D eigenvalue weighted by Crippen LogP contribution is 2.27. The molecule has 96 valence electrons. The second-order valence-corrected chi connectivity index (χ2v) is 4.74. The molecule has 2 heterocycles. The molecule has 20 heavy (non-hydrogen) atoms. The van der Waals surface area contributed by atoms with Crippen LogP contribution in [-0.2, 0) is 0 Å². The Morgan fingerprint density at radius 2 is 1.80 bits per heavy atom. The summed E-state index contributed by atoms with van der Waals surface area (Å²) in [5.41, 5.74) is 8.63. The highest BCUT2D eigenvalue weighted by Gasteiger charge is 2.08. The zero-order chi connectivity index (χ0) is 13.5. The van der Waals surface area contributed by atoms with Gasteiger partial charge in [0.15, 0.2) is 5.65 Å². The standard InChI is InChI=1S/C16H12N4/c17-15-7-8-20-16(19-15)14(10-18-20)13-6-5-11-3-1-2-4-12(11)9-13/h1-10H,(H2,17,19). The Kier molecular flexibility index (Phi) is 2.23. The van der Waals surface area contributed by atoms with Gasteiger partial charge >= 0.3 is 0 Å². The Labute approximate surface area is 115 Å². The molecular formula is C16H12N4. The molecule has 2 aromatic carbocycles. The van der Waals surface area contributed by atoms with Gasteiger partial charge in [0.05, 0.1) is 6.20 Å². The lowest BCUT2D eigenvalue weighted by atomic mass is 10.0. The molecule has 0 saturated heterocycles. The van der Waals surface area contributed by atoms with Crippen molar-refractivity contribution in [3.05, 3.63) is 60.9 Å². The number of fused-ring (bicyclic) bond motifs is 2. The van der Waals surface area contributed by atoms with Crippen LogP contribution in [0.1, 0.15) is 0 Å². The molecule has 4 nitrogen and oxygen atoms in total. The fourth-order valence-electron chi connectivity index (χ4n) is 2.44. The average Bonchev–Trinajstić information content (AvgIpc) is 2.89. The molecule has 0 radical (unpaired) electrons. The molecule has 4 aromatic rings. The largest absolute Gasteiger partial charge is 0.384 e. The third kappa shape index (κ3) is 1.62. The molecule has 4 heteroatoms. The topological polar surface area (TPSA) is 56.2 Å². The smallest absolute Gasteiger partial charge is 0.165 e. The normalized spacial score (nSPS) is 11.2. The number of anilines is 1. The van der Waals surface area contributed by atoms with Gasteiger partial charge in [0.2, 0.25) is 0 Å². The van der Waals surface area contributed by atoms with Crippen LogP contribution in [0.25, 0.3) is 27.5 Å². The Morgan fingerprint density at radius 3 is 2.70 bits per heavy atom. The molecule has 0 spiro atoms. The van der Waals surface area contributed by atoms with E-state index < -0.39 is 0 Å². The van der Waals surface area contributed by atoms with Crippen LogP contribution < -0.4 is 5.73 Å². The third-order valence-corrected chi connectivity index (χ3v) is 3.45. The fourth-order valence-corrected chi connectivity index (χ4v) is 2.44. The van der Waals surface area contributed by atoms with E-state index in [1.807, 2.05) is 24.5 Å². The van der Waals surface area contributed by atoms with Gasteiger partial charge in [-0.25, -0.2) is 9.50 Å². The first kappa shape index (κ1) is 11.0. The highest BCUT2D eigenvalue weighted by molar-refractivity contribution is 5.89. The molecule has 0 fully saturated rings. The minimum Gasteiger partial charge on any atom is -0.384 e. The van der Waals surface area contributed by atoms with Gasteiger partial charge in [-0.05, 0) is 28.5 Å². The number of nitrogens with zero attached hydrogens (tertiary/aromatic N) is 3. The number of hydrogen-bond donors (Lipinski definition) is 1. The lowest BCUT2D eigenvalue weighted by Gasteiger charge is -2.02. The molecule has 0 unspecified atom stereocenters. The number of aromatic nitrogens is 3. The van der Waals surface area contributed by atoms with Crippen molar-refractivity contribution in [2.24, 2.45) is 0 Å².